The first-order chi connectivity index (χ1) is 12.8. The minimum Gasteiger partial charge on any atom is -0.495 e. The van der Waals surface area contributed by atoms with E-state index in [0.717, 1.165) is 5.56 Å². The Morgan fingerprint density at radius 1 is 1.07 bits per heavy atom. The molecule has 27 heavy (non-hydrogen) atoms. The molecule has 1 amide bonds. The molecule has 0 unspecified atom stereocenters. The minimum atomic E-state index is -0.998. The van der Waals surface area contributed by atoms with Gasteiger partial charge in [0.25, 0.3) is 5.91 Å². The summed E-state index contributed by atoms with van der Waals surface area (Å²) in [4.78, 5) is 24.4. The Morgan fingerprint density at radius 3 is 2.44 bits per heavy atom. The van der Waals surface area contributed by atoms with Crippen LogP contribution in [-0.2, 0) is 14.3 Å². The lowest BCUT2D eigenvalue weighted by molar-refractivity contribution is -0.159. The van der Waals surface area contributed by atoms with Gasteiger partial charge in [-0.25, -0.2) is 4.79 Å². The van der Waals surface area contributed by atoms with Crippen molar-refractivity contribution in [1.82, 2.24) is 0 Å². The molecule has 0 heterocycles. The van der Waals surface area contributed by atoms with Crippen LogP contribution in [0.4, 0.5) is 5.69 Å². The van der Waals surface area contributed by atoms with Crippen molar-refractivity contribution in [3.8, 4) is 11.5 Å². The van der Waals surface area contributed by atoms with Gasteiger partial charge >= 0.3 is 5.97 Å². The van der Waals surface area contributed by atoms with Crippen LogP contribution in [0.5, 0.6) is 11.5 Å². The van der Waals surface area contributed by atoms with Crippen molar-refractivity contribution in [2.45, 2.75) is 33.0 Å². The Balaban J connectivity index is 1.90. The number of methoxy groups -OCH3 is 1. The number of carbonyl (C=O) groups is 2. The van der Waals surface area contributed by atoms with Gasteiger partial charge in [0.15, 0.2) is 12.2 Å². The topological polar surface area (TPSA) is 73.9 Å². The van der Waals surface area contributed by atoms with E-state index in [1.54, 1.807) is 31.2 Å². The number of hydrogen-bond acceptors (Lipinski definition) is 5. The van der Waals surface area contributed by atoms with Crippen molar-refractivity contribution < 1.29 is 23.8 Å². The number of carbonyl (C=O) groups excluding carboxylic acids is 2. The Bertz CT molecular complexity index is 824. The summed E-state index contributed by atoms with van der Waals surface area (Å²) in [6.07, 6.45) is -1.85. The predicted octanol–water partition coefficient (Wildman–Crippen LogP) is 3.99. The van der Waals surface area contributed by atoms with E-state index in [-0.39, 0.29) is 0 Å². The molecule has 2 atom stereocenters. The third-order valence-corrected chi connectivity index (χ3v) is 4.01. The quantitative estimate of drug-likeness (QED) is 0.722. The normalized spacial score (nSPS) is 12.6. The van der Waals surface area contributed by atoms with Gasteiger partial charge in [-0.05, 0) is 56.7 Å². The van der Waals surface area contributed by atoms with E-state index < -0.39 is 24.1 Å². The zero-order valence-electron chi connectivity index (χ0n) is 15.6. The summed E-state index contributed by atoms with van der Waals surface area (Å²) >= 11 is 6.03. The molecule has 0 aromatic heterocycles. The van der Waals surface area contributed by atoms with E-state index in [2.05, 4.69) is 5.32 Å². The number of halogens is 1. The molecular formula is C20H22ClNO5. The molecule has 2 aromatic rings. The molecule has 2 aromatic carbocycles. The first kappa shape index (κ1) is 20.6. The lowest BCUT2D eigenvalue weighted by Crippen LogP contribution is -2.35. The van der Waals surface area contributed by atoms with Gasteiger partial charge in [0.1, 0.15) is 11.5 Å². The second-order valence-corrected chi connectivity index (χ2v) is 6.40. The summed E-state index contributed by atoms with van der Waals surface area (Å²) in [6, 6.07) is 12.1. The largest absolute Gasteiger partial charge is 0.495 e. The molecule has 0 saturated carbocycles. The SMILES string of the molecule is COc1ccc(NC(=O)[C@H](C)OC(=O)[C@@H](C)Oc2cccc(C)c2)cc1Cl. The third-order valence-electron chi connectivity index (χ3n) is 3.72. The average molecular weight is 392 g/mol. The summed E-state index contributed by atoms with van der Waals surface area (Å²) in [5, 5.41) is 3.00. The number of aryl methyl sites for hydroxylation is 1. The van der Waals surface area contributed by atoms with Crippen LogP contribution in [0.2, 0.25) is 5.02 Å². The smallest absolute Gasteiger partial charge is 0.347 e. The molecule has 7 heteroatoms. The number of esters is 1. The molecule has 1 N–H and O–H groups in total. The Morgan fingerprint density at radius 2 is 1.81 bits per heavy atom. The maximum atomic E-state index is 12.2. The maximum Gasteiger partial charge on any atom is 0.347 e. The lowest BCUT2D eigenvalue weighted by atomic mass is 10.2. The van der Waals surface area contributed by atoms with Crippen LogP contribution in [0.25, 0.3) is 0 Å². The second-order valence-electron chi connectivity index (χ2n) is 5.99. The molecule has 0 spiro atoms. The number of nitrogens with one attached hydrogen (secondary N) is 1. The van der Waals surface area contributed by atoms with E-state index in [1.807, 2.05) is 25.1 Å². The molecule has 0 fully saturated rings. The Labute approximate surface area is 163 Å². The molecule has 0 radical (unpaired) electrons. The highest BCUT2D eigenvalue weighted by Gasteiger charge is 2.23. The standard InChI is InChI=1S/C20H22ClNO5/c1-12-6-5-7-16(10-12)26-14(3)20(24)27-13(2)19(23)22-15-8-9-18(25-4)17(21)11-15/h5-11,13-14H,1-4H3,(H,22,23)/t13-,14+/m0/s1. The fourth-order valence-electron chi connectivity index (χ4n) is 2.25. The van der Waals surface area contributed by atoms with Gasteiger partial charge in [-0.2, -0.15) is 0 Å². The maximum absolute atomic E-state index is 12.2. The molecule has 0 bridgehead atoms. The first-order valence-corrected chi connectivity index (χ1v) is 8.76. The monoisotopic (exact) mass is 391 g/mol. The molecule has 2 rings (SSSR count). The molecule has 0 aliphatic heterocycles. The van der Waals surface area contributed by atoms with Crippen molar-refractivity contribution in [2.75, 3.05) is 12.4 Å². The Hall–Kier alpha value is -2.73. The van der Waals surface area contributed by atoms with Gasteiger partial charge in [0, 0.05) is 5.69 Å². The third kappa shape index (κ3) is 5.89. The van der Waals surface area contributed by atoms with Crippen molar-refractivity contribution in [3.05, 3.63) is 53.1 Å². The summed E-state index contributed by atoms with van der Waals surface area (Å²) in [7, 11) is 1.50. The van der Waals surface area contributed by atoms with E-state index in [0.29, 0.717) is 22.2 Å². The number of anilines is 1. The highest BCUT2D eigenvalue weighted by molar-refractivity contribution is 6.32. The summed E-state index contributed by atoms with van der Waals surface area (Å²) < 4.78 is 15.8. The van der Waals surface area contributed by atoms with E-state index in [4.69, 9.17) is 25.8 Å². The van der Waals surface area contributed by atoms with Crippen molar-refractivity contribution >= 4 is 29.2 Å². The first-order valence-electron chi connectivity index (χ1n) is 8.38. The van der Waals surface area contributed by atoms with Crippen LogP contribution in [0.15, 0.2) is 42.5 Å². The average Bonchev–Trinajstić information content (AvgIpc) is 2.61. The van der Waals surface area contributed by atoms with Crippen LogP contribution >= 0.6 is 11.6 Å². The van der Waals surface area contributed by atoms with Crippen LogP contribution < -0.4 is 14.8 Å². The minimum absolute atomic E-state index is 0.361. The number of rotatable bonds is 7. The molecular weight excluding hydrogens is 370 g/mol. The summed E-state index contributed by atoms with van der Waals surface area (Å²) in [5.74, 6) is -0.0556. The van der Waals surface area contributed by atoms with Gasteiger partial charge in [-0.1, -0.05) is 23.7 Å². The lowest BCUT2D eigenvalue weighted by Gasteiger charge is -2.18. The highest BCUT2D eigenvalue weighted by atomic mass is 35.5. The molecule has 144 valence electrons. The van der Waals surface area contributed by atoms with E-state index in [9.17, 15) is 9.59 Å². The summed E-state index contributed by atoms with van der Waals surface area (Å²) in [6.45, 7) is 4.98. The van der Waals surface area contributed by atoms with E-state index in [1.165, 1.54) is 14.0 Å². The number of amides is 1. The van der Waals surface area contributed by atoms with Crippen molar-refractivity contribution in [2.24, 2.45) is 0 Å². The molecule has 0 saturated heterocycles. The number of benzene rings is 2. The zero-order valence-corrected chi connectivity index (χ0v) is 16.4. The zero-order chi connectivity index (χ0) is 20.0. The highest BCUT2D eigenvalue weighted by Crippen LogP contribution is 2.27. The van der Waals surface area contributed by atoms with Gasteiger partial charge in [-0.15, -0.1) is 0 Å². The second kappa shape index (κ2) is 9.28. The Kier molecular flexibility index (Phi) is 7.07. The van der Waals surface area contributed by atoms with Crippen LogP contribution in [-0.4, -0.2) is 31.2 Å². The van der Waals surface area contributed by atoms with Gasteiger partial charge in [-0.3, -0.25) is 4.79 Å². The van der Waals surface area contributed by atoms with Crippen molar-refractivity contribution in [3.63, 3.8) is 0 Å². The van der Waals surface area contributed by atoms with Crippen molar-refractivity contribution in [1.29, 1.82) is 0 Å². The molecule has 0 aliphatic carbocycles. The van der Waals surface area contributed by atoms with Gasteiger partial charge < -0.3 is 19.5 Å². The van der Waals surface area contributed by atoms with Crippen LogP contribution in [0, 0.1) is 6.92 Å². The van der Waals surface area contributed by atoms with Crippen LogP contribution in [0.3, 0.4) is 0 Å². The predicted molar refractivity (Wildman–Crippen MR) is 103 cm³/mol. The summed E-state index contributed by atoms with van der Waals surface area (Å²) in [5.41, 5.74) is 1.48. The molecule has 6 nitrogen and oxygen atoms in total. The van der Waals surface area contributed by atoms with Gasteiger partial charge in [0.2, 0.25) is 0 Å². The van der Waals surface area contributed by atoms with E-state index >= 15 is 0 Å². The number of hydrogen-bond donors (Lipinski definition) is 1. The van der Waals surface area contributed by atoms with Gasteiger partial charge in [0.05, 0.1) is 12.1 Å². The fraction of sp³-hybridized carbons (Fsp3) is 0.300. The number of ether oxygens (including phenoxy) is 3. The van der Waals surface area contributed by atoms with Crippen LogP contribution in [0.1, 0.15) is 19.4 Å². The fourth-order valence-corrected chi connectivity index (χ4v) is 2.51. The molecule has 0 aliphatic rings.